The predicted octanol–water partition coefficient (Wildman–Crippen LogP) is 4.11. The Morgan fingerprint density at radius 1 is 1.03 bits per heavy atom. The van der Waals surface area contributed by atoms with Gasteiger partial charge < -0.3 is 10.3 Å². The quantitative estimate of drug-likeness (QED) is 0.603. The molecule has 1 aliphatic carbocycles. The molecule has 1 saturated carbocycles. The zero-order valence-corrected chi connectivity index (χ0v) is 18.0. The molecular formula is C24H24F3N3O3. The van der Waals surface area contributed by atoms with E-state index in [4.69, 9.17) is 0 Å². The van der Waals surface area contributed by atoms with Crippen LogP contribution in [0.3, 0.4) is 0 Å². The molecule has 2 atom stereocenters. The first-order chi connectivity index (χ1) is 15.8. The summed E-state index contributed by atoms with van der Waals surface area (Å²) in [5, 5.41) is 2.64. The van der Waals surface area contributed by atoms with Gasteiger partial charge in [0.05, 0.1) is 16.9 Å². The lowest BCUT2D eigenvalue weighted by molar-refractivity contribution is -0.127. The molecule has 1 heterocycles. The van der Waals surface area contributed by atoms with Gasteiger partial charge in [-0.2, -0.15) is 0 Å². The number of hydrogen-bond acceptors (Lipinski definition) is 3. The Morgan fingerprint density at radius 2 is 1.70 bits per heavy atom. The Balaban J connectivity index is 1.77. The van der Waals surface area contributed by atoms with Crippen LogP contribution in [-0.2, 0) is 4.79 Å². The molecule has 1 amide bonds. The molecule has 0 radical (unpaired) electrons. The summed E-state index contributed by atoms with van der Waals surface area (Å²) in [6, 6.07) is 4.52. The summed E-state index contributed by atoms with van der Waals surface area (Å²) < 4.78 is 42.2. The lowest BCUT2D eigenvalue weighted by Crippen LogP contribution is -2.48. The lowest BCUT2D eigenvalue weighted by Gasteiger charge is -2.31. The van der Waals surface area contributed by atoms with Crippen molar-refractivity contribution in [3.63, 3.8) is 0 Å². The van der Waals surface area contributed by atoms with Crippen molar-refractivity contribution in [1.82, 2.24) is 14.9 Å². The van der Waals surface area contributed by atoms with E-state index in [-0.39, 0.29) is 22.4 Å². The molecule has 2 aromatic carbocycles. The highest BCUT2D eigenvalue weighted by Crippen LogP contribution is 2.33. The van der Waals surface area contributed by atoms with Gasteiger partial charge in [-0.1, -0.05) is 25.3 Å². The molecule has 174 valence electrons. The summed E-state index contributed by atoms with van der Waals surface area (Å²) in [4.78, 5) is 42.1. The van der Waals surface area contributed by atoms with Crippen molar-refractivity contribution in [2.24, 2.45) is 5.92 Å². The smallest absolute Gasteiger partial charge is 0.329 e. The summed E-state index contributed by atoms with van der Waals surface area (Å²) >= 11 is 0. The van der Waals surface area contributed by atoms with Crippen molar-refractivity contribution in [3.8, 4) is 0 Å². The number of aromatic amines is 1. The molecule has 1 aliphatic rings. The van der Waals surface area contributed by atoms with Crippen LogP contribution in [0.5, 0.6) is 0 Å². The normalized spacial score (nSPS) is 16.5. The second-order valence-corrected chi connectivity index (χ2v) is 8.53. The number of fused-ring (bicyclic) bond motifs is 1. The Kier molecular flexibility index (Phi) is 6.40. The van der Waals surface area contributed by atoms with E-state index in [1.54, 1.807) is 0 Å². The first-order valence-electron chi connectivity index (χ1n) is 11.0. The van der Waals surface area contributed by atoms with E-state index in [1.807, 2.05) is 0 Å². The summed E-state index contributed by atoms with van der Waals surface area (Å²) in [7, 11) is 0. The van der Waals surface area contributed by atoms with E-state index in [9.17, 15) is 27.6 Å². The molecular weight excluding hydrogens is 435 g/mol. The van der Waals surface area contributed by atoms with Crippen molar-refractivity contribution in [3.05, 3.63) is 80.3 Å². The van der Waals surface area contributed by atoms with E-state index in [0.29, 0.717) is 12.8 Å². The van der Waals surface area contributed by atoms with E-state index < -0.39 is 46.7 Å². The van der Waals surface area contributed by atoms with Crippen LogP contribution in [0.15, 0.2) is 46.0 Å². The highest BCUT2D eigenvalue weighted by Gasteiger charge is 2.34. The number of halogens is 3. The van der Waals surface area contributed by atoms with Crippen molar-refractivity contribution < 1.29 is 18.0 Å². The fourth-order valence-electron chi connectivity index (χ4n) is 4.67. The number of benzene rings is 2. The van der Waals surface area contributed by atoms with Crippen LogP contribution < -0.4 is 16.6 Å². The van der Waals surface area contributed by atoms with Gasteiger partial charge >= 0.3 is 5.69 Å². The van der Waals surface area contributed by atoms with Crippen molar-refractivity contribution in [2.45, 2.75) is 51.1 Å². The van der Waals surface area contributed by atoms with Gasteiger partial charge in [-0.05, 0) is 49.9 Å². The van der Waals surface area contributed by atoms with E-state index >= 15 is 0 Å². The highest BCUT2D eigenvalue weighted by atomic mass is 19.1. The molecule has 0 saturated heterocycles. The average Bonchev–Trinajstić information content (AvgIpc) is 2.77. The maximum Gasteiger partial charge on any atom is 0.329 e. The van der Waals surface area contributed by atoms with Crippen molar-refractivity contribution >= 4 is 16.8 Å². The molecule has 9 heteroatoms. The van der Waals surface area contributed by atoms with Gasteiger partial charge in [-0.25, -0.2) is 22.5 Å². The predicted molar refractivity (Wildman–Crippen MR) is 117 cm³/mol. The topological polar surface area (TPSA) is 84.0 Å². The van der Waals surface area contributed by atoms with Gasteiger partial charge in [0.25, 0.3) is 5.56 Å². The van der Waals surface area contributed by atoms with Crippen LogP contribution in [0.2, 0.25) is 0 Å². The van der Waals surface area contributed by atoms with Crippen LogP contribution in [0.4, 0.5) is 13.2 Å². The Morgan fingerprint density at radius 3 is 2.39 bits per heavy atom. The zero-order chi connectivity index (χ0) is 23.7. The largest absolute Gasteiger partial charge is 0.348 e. The Labute approximate surface area is 187 Å². The summed E-state index contributed by atoms with van der Waals surface area (Å²) in [6.07, 6.45) is 3.92. The third-order valence-electron chi connectivity index (χ3n) is 6.32. The first-order valence-corrected chi connectivity index (χ1v) is 11.0. The third kappa shape index (κ3) is 4.58. The number of carbonyl (C=O) groups is 1. The second-order valence-electron chi connectivity index (χ2n) is 8.53. The number of H-pyrrole nitrogens is 1. The van der Waals surface area contributed by atoms with Gasteiger partial charge in [-0.15, -0.1) is 0 Å². The minimum Gasteiger partial charge on any atom is -0.348 e. The Hall–Kier alpha value is -3.36. The summed E-state index contributed by atoms with van der Waals surface area (Å²) in [5.74, 6) is -3.11. The highest BCUT2D eigenvalue weighted by molar-refractivity contribution is 5.82. The maximum absolute atomic E-state index is 14.2. The molecule has 33 heavy (non-hydrogen) atoms. The maximum atomic E-state index is 14.2. The minimum atomic E-state index is -1.15. The number of amides is 1. The summed E-state index contributed by atoms with van der Waals surface area (Å²) in [5.41, 5.74) is -1.29. The van der Waals surface area contributed by atoms with Crippen LogP contribution in [0, 0.1) is 23.4 Å². The van der Waals surface area contributed by atoms with Gasteiger partial charge in [-0.3, -0.25) is 9.59 Å². The fourth-order valence-corrected chi connectivity index (χ4v) is 4.67. The van der Waals surface area contributed by atoms with Crippen LogP contribution >= 0.6 is 0 Å². The minimum absolute atomic E-state index is 0.0409. The van der Waals surface area contributed by atoms with E-state index in [2.05, 4.69) is 10.3 Å². The number of nitrogens with zero attached hydrogens (tertiary/aromatic N) is 1. The molecule has 3 aromatic rings. The molecule has 1 aromatic heterocycles. The second kappa shape index (κ2) is 9.25. The monoisotopic (exact) mass is 459 g/mol. The number of aromatic nitrogens is 2. The third-order valence-corrected chi connectivity index (χ3v) is 6.32. The Bertz CT molecular complexity index is 1310. The molecule has 0 aliphatic heterocycles. The van der Waals surface area contributed by atoms with Gasteiger partial charge in [0.1, 0.15) is 23.5 Å². The standard InChI is InChI=1S/C24H24F3N3O3/c1-13(17-9-7-16(26)12-19(17)27)28-22(31)21(14-5-3-2-4-6-14)30-23(32)18-11-15(25)8-10-20(18)29-24(30)33/h7-14,21H,2-6H2,1H3,(H,28,31)(H,29,33)/t13-,21-/m0/s1. The van der Waals surface area contributed by atoms with Gasteiger partial charge in [0, 0.05) is 11.6 Å². The zero-order valence-electron chi connectivity index (χ0n) is 18.0. The van der Waals surface area contributed by atoms with Crippen molar-refractivity contribution in [2.75, 3.05) is 0 Å². The van der Waals surface area contributed by atoms with Gasteiger partial charge in [0.15, 0.2) is 0 Å². The van der Waals surface area contributed by atoms with Gasteiger partial charge in [0.2, 0.25) is 5.91 Å². The van der Waals surface area contributed by atoms with Crippen molar-refractivity contribution in [1.29, 1.82) is 0 Å². The fraction of sp³-hybridized carbons (Fsp3) is 0.375. The van der Waals surface area contributed by atoms with E-state index in [1.165, 1.54) is 19.1 Å². The average molecular weight is 459 g/mol. The number of carbonyl (C=O) groups excluding carboxylic acids is 1. The lowest BCUT2D eigenvalue weighted by atomic mass is 9.83. The van der Waals surface area contributed by atoms with E-state index in [0.717, 1.165) is 48.1 Å². The summed E-state index contributed by atoms with van der Waals surface area (Å²) in [6.45, 7) is 1.54. The van der Waals surface area contributed by atoms with Crippen LogP contribution in [-0.4, -0.2) is 15.5 Å². The van der Waals surface area contributed by atoms with Crippen LogP contribution in [0.1, 0.15) is 56.7 Å². The first kappa shape index (κ1) is 22.8. The molecule has 1 fully saturated rings. The number of rotatable bonds is 5. The molecule has 0 unspecified atom stereocenters. The number of hydrogen-bond donors (Lipinski definition) is 2. The van der Waals surface area contributed by atoms with Crippen LogP contribution in [0.25, 0.3) is 10.9 Å². The number of nitrogens with one attached hydrogen (secondary N) is 2. The molecule has 6 nitrogen and oxygen atoms in total. The molecule has 0 bridgehead atoms. The molecule has 2 N–H and O–H groups in total. The molecule has 0 spiro atoms. The molecule has 4 rings (SSSR count). The SMILES string of the molecule is C[C@H](NC(=O)[C@H](C1CCCCC1)n1c(=O)[nH]c2ccc(F)cc2c1=O)c1ccc(F)cc1F.